The molecule has 0 atom stereocenters. The first-order chi connectivity index (χ1) is 18.0. The van der Waals surface area contributed by atoms with Crippen LogP contribution in [0.1, 0.15) is 0 Å². The molecule has 12 nitrogen and oxygen atoms in total. The molecule has 0 amide bonds. The van der Waals surface area contributed by atoms with Crippen molar-refractivity contribution in [2.24, 2.45) is 0 Å². The van der Waals surface area contributed by atoms with Crippen molar-refractivity contribution >= 4 is 30.4 Å². The highest BCUT2D eigenvalue weighted by molar-refractivity contribution is 7.86. The highest BCUT2D eigenvalue weighted by Gasteiger charge is 2.07. The van der Waals surface area contributed by atoms with Crippen LogP contribution in [0.25, 0.3) is 0 Å². The van der Waals surface area contributed by atoms with Crippen molar-refractivity contribution in [2.45, 2.75) is 14.7 Å². The van der Waals surface area contributed by atoms with E-state index in [9.17, 15) is 25.3 Å². The van der Waals surface area contributed by atoms with E-state index < -0.39 is 30.4 Å². The summed E-state index contributed by atoms with van der Waals surface area (Å²) in [6.45, 7) is 0. The van der Waals surface area contributed by atoms with Gasteiger partial charge in [-0.15, -0.1) is 0 Å². The number of benzene rings is 4. The van der Waals surface area contributed by atoms with Crippen LogP contribution in [0, 0.1) is 0 Å². The molecule has 0 aliphatic heterocycles. The monoisotopic (exact) mass is 600 g/mol. The number of rotatable bonds is 3. The van der Waals surface area contributed by atoms with E-state index in [4.69, 9.17) is 29.0 Å². The smallest absolute Gasteiger partial charge is 0.294 e. The predicted molar refractivity (Wildman–Crippen MR) is 140 cm³/mol. The summed E-state index contributed by atoms with van der Waals surface area (Å²) in [7, 11) is -12.0. The molecule has 4 aromatic carbocycles. The molecule has 0 radical (unpaired) electrons. The summed E-state index contributed by atoms with van der Waals surface area (Å²) in [6.07, 6.45) is 0. The quantitative estimate of drug-likeness (QED) is 0.113. The van der Waals surface area contributed by atoms with Crippen molar-refractivity contribution in [1.82, 2.24) is 0 Å². The molecule has 4 aromatic rings. The fraction of sp³-hybridized carbons (Fsp3) is 0. The number of aromatic hydroxyl groups is 3. The largest absolute Gasteiger partial charge is 0.508 e. The molecule has 210 valence electrons. The van der Waals surface area contributed by atoms with Gasteiger partial charge in [0.15, 0.2) is 11.5 Å². The van der Waals surface area contributed by atoms with Gasteiger partial charge in [0.2, 0.25) is 0 Å². The van der Waals surface area contributed by atoms with Crippen LogP contribution >= 0.6 is 0 Å². The normalized spacial score (nSPS) is 10.8. The third kappa shape index (κ3) is 13.4. The van der Waals surface area contributed by atoms with E-state index in [1.54, 1.807) is 54.6 Å². The van der Waals surface area contributed by atoms with E-state index >= 15 is 0 Å². The molecule has 0 aliphatic rings. The Balaban J connectivity index is 0.000000260. The summed E-state index contributed by atoms with van der Waals surface area (Å²) in [5.74, 6) is -0.604. The Morgan fingerprint density at radius 3 is 0.846 bits per heavy atom. The lowest BCUT2D eigenvalue weighted by Gasteiger charge is -1.95. The predicted octanol–water partition coefficient (Wildman–Crippen LogP) is 3.60. The van der Waals surface area contributed by atoms with Gasteiger partial charge in [-0.3, -0.25) is 13.7 Å². The highest BCUT2D eigenvalue weighted by atomic mass is 32.2. The molecular weight excluding hydrogens is 576 g/mol. The number of hydrogen-bond donors (Lipinski definition) is 6. The van der Waals surface area contributed by atoms with Gasteiger partial charge < -0.3 is 15.3 Å². The Morgan fingerprint density at radius 1 is 0.385 bits per heavy atom. The maximum atomic E-state index is 10.4. The summed E-state index contributed by atoms with van der Waals surface area (Å²) in [4.78, 5) is -0.222. The Labute approximate surface area is 225 Å². The molecule has 15 heteroatoms. The molecule has 0 unspecified atom stereocenters. The van der Waals surface area contributed by atoms with Gasteiger partial charge in [0.05, 0.1) is 14.7 Å². The standard InChI is InChI=1S/3C6H6O3S.C6H6O3/c3*7-10(8,9)6-4-2-1-3-5-6;7-4-1-2-5(8)6(9)3-4/h3*1-5H,(H,7,8,9);1-3,7-9H. The van der Waals surface area contributed by atoms with E-state index in [0.717, 1.165) is 6.07 Å². The zero-order valence-corrected chi connectivity index (χ0v) is 22.2. The first kappa shape index (κ1) is 33.0. The summed E-state index contributed by atoms with van der Waals surface area (Å²) >= 11 is 0. The van der Waals surface area contributed by atoms with Gasteiger partial charge in [0.1, 0.15) is 5.75 Å². The fourth-order valence-electron chi connectivity index (χ4n) is 2.29. The third-order valence-corrected chi connectivity index (χ3v) is 6.69. The van der Waals surface area contributed by atoms with E-state index in [2.05, 4.69) is 0 Å². The van der Waals surface area contributed by atoms with Crippen LogP contribution in [0.5, 0.6) is 17.2 Å². The second-order valence-electron chi connectivity index (χ2n) is 7.04. The van der Waals surface area contributed by atoms with Crippen LogP contribution in [-0.4, -0.2) is 54.2 Å². The first-order valence-electron chi connectivity index (χ1n) is 10.3. The maximum Gasteiger partial charge on any atom is 0.294 e. The fourth-order valence-corrected chi connectivity index (χ4v) is 3.79. The van der Waals surface area contributed by atoms with E-state index in [0.29, 0.717) is 0 Å². The number of phenolic OH excluding ortho intramolecular Hbond substituents is 3. The zero-order valence-electron chi connectivity index (χ0n) is 19.7. The van der Waals surface area contributed by atoms with Gasteiger partial charge in [0.25, 0.3) is 30.4 Å². The number of phenols is 3. The van der Waals surface area contributed by atoms with Gasteiger partial charge in [-0.1, -0.05) is 54.6 Å². The maximum absolute atomic E-state index is 10.4. The van der Waals surface area contributed by atoms with Crippen molar-refractivity contribution < 1.29 is 54.2 Å². The zero-order chi connectivity index (χ0) is 29.7. The summed E-state index contributed by atoms with van der Waals surface area (Å²) in [6, 6.07) is 25.8. The molecule has 0 fully saturated rings. The molecule has 0 saturated heterocycles. The minimum Gasteiger partial charge on any atom is -0.508 e. The van der Waals surface area contributed by atoms with Crippen molar-refractivity contribution in [3.63, 3.8) is 0 Å². The summed E-state index contributed by atoms with van der Waals surface area (Å²) in [5, 5.41) is 26.0. The minimum absolute atomic E-state index is 0.0645. The van der Waals surface area contributed by atoms with Crippen LogP contribution in [0.2, 0.25) is 0 Å². The van der Waals surface area contributed by atoms with E-state index in [1.165, 1.54) is 48.5 Å². The van der Waals surface area contributed by atoms with Gasteiger partial charge in [-0.25, -0.2) is 0 Å². The Morgan fingerprint density at radius 2 is 0.667 bits per heavy atom. The lowest BCUT2D eigenvalue weighted by Crippen LogP contribution is -1.96. The Kier molecular flexibility index (Phi) is 12.6. The molecule has 0 aliphatic carbocycles. The highest BCUT2D eigenvalue weighted by Crippen LogP contribution is 2.27. The minimum atomic E-state index is -4.00. The van der Waals surface area contributed by atoms with Gasteiger partial charge in [-0.2, -0.15) is 25.3 Å². The Hall–Kier alpha value is -3.99. The molecule has 0 heterocycles. The van der Waals surface area contributed by atoms with Crippen LogP contribution in [0.15, 0.2) is 124 Å². The number of hydrogen-bond acceptors (Lipinski definition) is 9. The van der Waals surface area contributed by atoms with Crippen LogP contribution < -0.4 is 0 Å². The van der Waals surface area contributed by atoms with Gasteiger partial charge in [0, 0.05) is 6.07 Å². The van der Waals surface area contributed by atoms with E-state index in [-0.39, 0.29) is 31.9 Å². The van der Waals surface area contributed by atoms with E-state index in [1.807, 2.05) is 0 Å². The van der Waals surface area contributed by atoms with Crippen molar-refractivity contribution in [3.05, 3.63) is 109 Å². The van der Waals surface area contributed by atoms with Crippen molar-refractivity contribution in [1.29, 1.82) is 0 Å². The van der Waals surface area contributed by atoms with Crippen molar-refractivity contribution in [3.8, 4) is 17.2 Å². The third-order valence-electron chi connectivity index (χ3n) is 4.08. The first-order valence-corrected chi connectivity index (χ1v) is 14.6. The summed E-state index contributed by atoms with van der Waals surface area (Å²) in [5.41, 5.74) is 0. The van der Waals surface area contributed by atoms with Crippen LogP contribution in [0.4, 0.5) is 0 Å². The average molecular weight is 601 g/mol. The van der Waals surface area contributed by atoms with Crippen LogP contribution in [-0.2, 0) is 30.4 Å². The second-order valence-corrected chi connectivity index (χ2v) is 11.3. The van der Waals surface area contributed by atoms with Gasteiger partial charge in [-0.05, 0) is 48.5 Å². The molecule has 4 rings (SSSR count). The van der Waals surface area contributed by atoms with Crippen LogP contribution in [0.3, 0.4) is 0 Å². The molecule has 0 aromatic heterocycles. The topological polar surface area (TPSA) is 224 Å². The molecule has 0 bridgehead atoms. The van der Waals surface area contributed by atoms with Crippen molar-refractivity contribution in [2.75, 3.05) is 0 Å². The molecule has 0 spiro atoms. The summed E-state index contributed by atoms with van der Waals surface area (Å²) < 4.78 is 87.7. The second kappa shape index (κ2) is 14.8. The lowest BCUT2D eigenvalue weighted by atomic mass is 10.3. The molecular formula is C24H24O12S3. The van der Waals surface area contributed by atoms with Gasteiger partial charge >= 0.3 is 0 Å². The molecule has 0 saturated carbocycles. The molecule has 6 N–H and O–H groups in total. The lowest BCUT2D eigenvalue weighted by molar-refractivity contribution is 0.396. The Bertz CT molecular complexity index is 1460. The SMILES string of the molecule is O=S(=O)(O)c1ccccc1.O=S(=O)(O)c1ccccc1.O=S(=O)(O)c1ccccc1.Oc1ccc(O)c(O)c1. The average Bonchev–Trinajstić information content (AvgIpc) is 2.88. The molecule has 39 heavy (non-hydrogen) atoms.